The quantitative estimate of drug-likeness (QED) is 0.875. The minimum atomic E-state index is -0.422. The van der Waals surface area contributed by atoms with Crippen LogP contribution in [0.25, 0.3) is 10.9 Å². The molecule has 0 spiro atoms. The van der Waals surface area contributed by atoms with Gasteiger partial charge in [-0.15, -0.1) is 0 Å². The topological polar surface area (TPSA) is 82.5 Å². The van der Waals surface area contributed by atoms with Crippen molar-refractivity contribution in [3.63, 3.8) is 0 Å². The van der Waals surface area contributed by atoms with E-state index in [9.17, 15) is 14.7 Å². The van der Waals surface area contributed by atoms with E-state index >= 15 is 0 Å². The van der Waals surface area contributed by atoms with Gasteiger partial charge < -0.3 is 5.11 Å². The van der Waals surface area contributed by atoms with Crippen LogP contribution in [0.3, 0.4) is 0 Å². The average Bonchev–Trinajstić information content (AvgIpc) is 2.46. The predicted octanol–water partition coefficient (Wildman–Crippen LogP) is 1.48. The fourth-order valence-electron chi connectivity index (χ4n) is 2.48. The van der Waals surface area contributed by atoms with Gasteiger partial charge in [0.05, 0.1) is 23.5 Å². The van der Waals surface area contributed by atoms with Gasteiger partial charge in [-0.2, -0.15) is 0 Å². The second-order valence-corrected chi connectivity index (χ2v) is 5.03. The highest BCUT2D eigenvalue weighted by Crippen LogP contribution is 2.26. The van der Waals surface area contributed by atoms with Gasteiger partial charge in [-0.05, 0) is 30.7 Å². The van der Waals surface area contributed by atoms with E-state index < -0.39 is 6.03 Å². The first kappa shape index (κ1) is 13.5. The van der Waals surface area contributed by atoms with Gasteiger partial charge >= 0.3 is 6.03 Å². The lowest BCUT2D eigenvalue weighted by atomic mass is 10.1. The number of aliphatic hydroxyl groups excluding tert-OH is 1. The highest BCUT2D eigenvalue weighted by atomic mass is 16.3. The van der Waals surface area contributed by atoms with Crippen LogP contribution in [0.15, 0.2) is 24.3 Å². The van der Waals surface area contributed by atoms with Gasteiger partial charge in [-0.25, -0.2) is 4.79 Å². The Morgan fingerprint density at radius 3 is 2.86 bits per heavy atom. The molecule has 0 aliphatic carbocycles. The summed E-state index contributed by atoms with van der Waals surface area (Å²) in [6.07, 6.45) is 0.278. The number of anilines is 1. The molecule has 1 saturated heterocycles. The highest BCUT2D eigenvalue weighted by Gasteiger charge is 2.25. The fourth-order valence-corrected chi connectivity index (χ4v) is 2.48. The number of carbonyl (C=O) groups is 2. The maximum atomic E-state index is 11.9. The molecule has 1 aliphatic heterocycles. The summed E-state index contributed by atoms with van der Waals surface area (Å²) in [5.74, 6) is -0.259. The number of rotatable bonds is 2. The molecule has 3 amide bonds. The summed E-state index contributed by atoms with van der Waals surface area (Å²) in [5.41, 5.74) is 3.01. The molecule has 0 saturated carbocycles. The summed E-state index contributed by atoms with van der Waals surface area (Å²) < 4.78 is 0. The maximum absolute atomic E-state index is 11.9. The molecule has 6 nitrogen and oxygen atoms in total. The van der Waals surface area contributed by atoms with Crippen molar-refractivity contribution in [2.45, 2.75) is 20.0 Å². The zero-order valence-electron chi connectivity index (χ0n) is 11.6. The zero-order valence-corrected chi connectivity index (χ0v) is 11.6. The number of aryl methyl sites for hydroxylation is 1. The standard InChI is InChI=1S/C15H15N3O3/c1-9-13(18-5-4-14(20)17-15(18)21)7-11-6-10(8-19)2-3-12(11)16-9/h2-3,6-7,19H,4-5,8H2,1H3,(H,17,20,21). The number of benzene rings is 1. The van der Waals surface area contributed by atoms with E-state index in [1.807, 2.05) is 31.2 Å². The Morgan fingerprint density at radius 1 is 1.33 bits per heavy atom. The van der Waals surface area contributed by atoms with Crippen molar-refractivity contribution in [2.75, 3.05) is 11.4 Å². The lowest BCUT2D eigenvalue weighted by Crippen LogP contribution is -2.49. The molecule has 0 bridgehead atoms. The number of amides is 3. The molecule has 0 atom stereocenters. The molecule has 2 heterocycles. The number of hydrogen-bond donors (Lipinski definition) is 2. The van der Waals surface area contributed by atoms with Gasteiger partial charge in [0, 0.05) is 18.4 Å². The van der Waals surface area contributed by atoms with Crippen molar-refractivity contribution in [1.82, 2.24) is 10.3 Å². The van der Waals surface area contributed by atoms with Crippen molar-refractivity contribution >= 4 is 28.5 Å². The van der Waals surface area contributed by atoms with Crippen LogP contribution in [0.1, 0.15) is 17.7 Å². The molecule has 0 unspecified atom stereocenters. The van der Waals surface area contributed by atoms with Gasteiger partial charge in [0.1, 0.15) is 0 Å². The summed E-state index contributed by atoms with van der Waals surface area (Å²) >= 11 is 0. The van der Waals surface area contributed by atoms with E-state index in [0.717, 1.165) is 22.2 Å². The molecule has 3 rings (SSSR count). The van der Waals surface area contributed by atoms with Crippen LogP contribution in [0.4, 0.5) is 10.5 Å². The molecule has 1 aromatic heterocycles. The van der Waals surface area contributed by atoms with Crippen LogP contribution in [-0.2, 0) is 11.4 Å². The minimum absolute atomic E-state index is 0.0438. The van der Waals surface area contributed by atoms with Gasteiger partial charge in [-0.3, -0.25) is 20.0 Å². The Morgan fingerprint density at radius 2 is 2.14 bits per heavy atom. The molecule has 108 valence electrons. The van der Waals surface area contributed by atoms with E-state index in [0.29, 0.717) is 12.2 Å². The fraction of sp³-hybridized carbons (Fsp3) is 0.267. The zero-order chi connectivity index (χ0) is 15.0. The Kier molecular flexibility index (Phi) is 3.31. The first-order valence-electron chi connectivity index (χ1n) is 6.71. The monoisotopic (exact) mass is 285 g/mol. The number of nitrogens with one attached hydrogen (secondary N) is 1. The second kappa shape index (κ2) is 5.14. The van der Waals surface area contributed by atoms with Crippen LogP contribution in [0.2, 0.25) is 0 Å². The lowest BCUT2D eigenvalue weighted by Gasteiger charge is -2.27. The summed E-state index contributed by atoms with van der Waals surface area (Å²) in [4.78, 5) is 29.2. The molecule has 1 fully saturated rings. The van der Waals surface area contributed by atoms with Crippen molar-refractivity contribution in [3.8, 4) is 0 Å². The van der Waals surface area contributed by atoms with Gasteiger partial charge in [0.2, 0.25) is 5.91 Å². The van der Waals surface area contributed by atoms with Crippen LogP contribution in [-0.4, -0.2) is 28.6 Å². The third-order valence-corrected chi connectivity index (χ3v) is 3.57. The van der Waals surface area contributed by atoms with Gasteiger partial charge in [0.15, 0.2) is 0 Å². The first-order chi connectivity index (χ1) is 10.1. The van der Waals surface area contributed by atoms with Crippen LogP contribution < -0.4 is 10.2 Å². The molecule has 2 N–H and O–H groups in total. The van der Waals surface area contributed by atoms with Crippen molar-refractivity contribution in [1.29, 1.82) is 0 Å². The third-order valence-electron chi connectivity index (χ3n) is 3.57. The minimum Gasteiger partial charge on any atom is -0.392 e. The summed E-state index contributed by atoms with van der Waals surface area (Å²) in [6.45, 7) is 2.13. The third kappa shape index (κ3) is 2.45. The highest BCUT2D eigenvalue weighted by molar-refractivity contribution is 6.06. The number of aliphatic hydroxyl groups is 1. The van der Waals surface area contributed by atoms with E-state index in [1.165, 1.54) is 4.90 Å². The lowest BCUT2D eigenvalue weighted by molar-refractivity contribution is -0.120. The number of hydrogen-bond acceptors (Lipinski definition) is 4. The van der Waals surface area contributed by atoms with E-state index in [4.69, 9.17) is 0 Å². The Bertz CT molecular complexity index is 742. The smallest absolute Gasteiger partial charge is 0.328 e. The number of nitrogens with zero attached hydrogens (tertiary/aromatic N) is 2. The number of urea groups is 1. The number of pyridine rings is 1. The largest absolute Gasteiger partial charge is 0.392 e. The van der Waals surface area contributed by atoms with E-state index in [-0.39, 0.29) is 18.9 Å². The predicted molar refractivity (Wildman–Crippen MR) is 77.9 cm³/mol. The Labute approximate surface area is 121 Å². The maximum Gasteiger partial charge on any atom is 0.328 e. The summed E-state index contributed by atoms with van der Waals surface area (Å²) in [6, 6.07) is 6.96. The Hall–Kier alpha value is -2.47. The Balaban J connectivity index is 2.07. The number of aromatic nitrogens is 1. The molecule has 2 aromatic rings. The summed E-state index contributed by atoms with van der Waals surface area (Å²) in [7, 11) is 0. The summed E-state index contributed by atoms with van der Waals surface area (Å²) in [5, 5.41) is 12.4. The average molecular weight is 285 g/mol. The van der Waals surface area contributed by atoms with E-state index in [1.54, 1.807) is 0 Å². The molecule has 6 heteroatoms. The van der Waals surface area contributed by atoms with Gasteiger partial charge in [0.25, 0.3) is 0 Å². The normalized spacial score (nSPS) is 15.4. The number of imide groups is 1. The molecular weight excluding hydrogens is 270 g/mol. The number of fused-ring (bicyclic) bond motifs is 1. The van der Waals surface area contributed by atoms with Crippen LogP contribution in [0.5, 0.6) is 0 Å². The molecule has 1 aliphatic rings. The van der Waals surface area contributed by atoms with E-state index in [2.05, 4.69) is 10.3 Å². The van der Waals surface area contributed by atoms with Crippen LogP contribution in [0, 0.1) is 6.92 Å². The SMILES string of the molecule is Cc1nc2ccc(CO)cc2cc1N1CCC(=O)NC1=O. The molecular formula is C15H15N3O3. The van der Waals surface area contributed by atoms with Crippen molar-refractivity contribution < 1.29 is 14.7 Å². The molecule has 1 aromatic carbocycles. The molecule has 0 radical (unpaired) electrons. The second-order valence-electron chi connectivity index (χ2n) is 5.03. The van der Waals surface area contributed by atoms with Gasteiger partial charge in [-0.1, -0.05) is 6.07 Å². The van der Waals surface area contributed by atoms with Crippen molar-refractivity contribution in [2.24, 2.45) is 0 Å². The van der Waals surface area contributed by atoms with Crippen LogP contribution >= 0.6 is 0 Å². The number of carbonyl (C=O) groups excluding carboxylic acids is 2. The molecule has 21 heavy (non-hydrogen) atoms. The first-order valence-corrected chi connectivity index (χ1v) is 6.71. The van der Waals surface area contributed by atoms with Crippen molar-refractivity contribution in [3.05, 3.63) is 35.5 Å².